The predicted octanol–water partition coefficient (Wildman–Crippen LogP) is 1.46. The molecule has 1 fully saturated rings. The number of carbonyl (C=O) groups excluding carboxylic acids is 2. The van der Waals surface area contributed by atoms with Crippen LogP contribution in [-0.2, 0) is 19.1 Å². The fourth-order valence-corrected chi connectivity index (χ4v) is 3.30. The van der Waals surface area contributed by atoms with Gasteiger partial charge in [-0.2, -0.15) is 8.78 Å². The molecule has 3 atom stereocenters. The number of hydrogen-bond acceptors (Lipinski definition) is 8. The Morgan fingerprint density at radius 2 is 1.91 bits per heavy atom. The first-order valence-electron chi connectivity index (χ1n) is 10.2. The number of anilines is 2. The van der Waals surface area contributed by atoms with Gasteiger partial charge in [-0.1, -0.05) is 18.2 Å². The van der Waals surface area contributed by atoms with Crippen molar-refractivity contribution < 1.29 is 33.0 Å². The summed E-state index contributed by atoms with van der Waals surface area (Å²) >= 11 is 0. The van der Waals surface area contributed by atoms with Gasteiger partial charge in [-0.15, -0.1) is 0 Å². The smallest absolute Gasteiger partial charge is 0.351 e. The second-order valence-corrected chi connectivity index (χ2v) is 7.47. The number of nitrogen functional groups attached to an aromatic ring is 1. The summed E-state index contributed by atoms with van der Waals surface area (Å²) in [4.78, 5) is 39.0. The molecule has 0 aliphatic carbocycles. The second kappa shape index (κ2) is 10.5. The highest BCUT2D eigenvalue weighted by Gasteiger charge is 2.60. The van der Waals surface area contributed by atoms with Gasteiger partial charge in [0.05, 0.1) is 0 Å². The lowest BCUT2D eigenvalue weighted by Gasteiger charge is -2.22. The molecular formula is C21H24F2N4O6. The number of alkyl halides is 2. The molecule has 178 valence electrons. The van der Waals surface area contributed by atoms with Crippen molar-refractivity contribution >= 4 is 23.4 Å². The number of carbonyl (C=O) groups is 2. The Balaban J connectivity index is 1.43. The molecular weight excluding hydrogens is 442 g/mol. The lowest BCUT2D eigenvalue weighted by Crippen LogP contribution is -2.42. The average molecular weight is 466 g/mol. The van der Waals surface area contributed by atoms with E-state index in [1.165, 1.54) is 0 Å². The fraction of sp³-hybridized carbons (Fsp3) is 0.429. The van der Waals surface area contributed by atoms with Gasteiger partial charge in [-0.05, 0) is 31.0 Å². The number of aliphatic hydroxyl groups excluding tert-OH is 1. The van der Waals surface area contributed by atoms with E-state index in [4.69, 9.17) is 15.2 Å². The minimum absolute atomic E-state index is 0.0454. The van der Waals surface area contributed by atoms with E-state index in [0.717, 1.165) is 12.3 Å². The first kappa shape index (κ1) is 24.3. The number of nitrogens with two attached hydrogens (primary N) is 1. The molecule has 1 aromatic carbocycles. The van der Waals surface area contributed by atoms with Gasteiger partial charge in [-0.3, -0.25) is 9.59 Å². The molecule has 0 radical (unpaired) electrons. The monoisotopic (exact) mass is 466 g/mol. The zero-order chi connectivity index (χ0) is 24.0. The van der Waals surface area contributed by atoms with Crippen LogP contribution in [0.4, 0.5) is 20.3 Å². The number of rotatable bonds is 9. The Morgan fingerprint density at radius 1 is 1.21 bits per heavy atom. The second-order valence-electron chi connectivity index (χ2n) is 7.47. The van der Waals surface area contributed by atoms with Gasteiger partial charge in [0.25, 0.3) is 0 Å². The molecule has 1 amide bonds. The van der Waals surface area contributed by atoms with Crippen molar-refractivity contribution in [3.8, 4) is 0 Å². The topological polar surface area (TPSA) is 146 Å². The van der Waals surface area contributed by atoms with Crippen LogP contribution in [-0.4, -0.2) is 51.3 Å². The lowest BCUT2D eigenvalue weighted by atomic mass is 10.1. The third-order valence-electron chi connectivity index (χ3n) is 5.03. The number of para-hydroxylation sites is 1. The van der Waals surface area contributed by atoms with Crippen LogP contribution in [0.1, 0.15) is 31.9 Å². The molecule has 0 spiro atoms. The average Bonchev–Trinajstić information content (AvgIpc) is 2.99. The highest BCUT2D eigenvalue weighted by Crippen LogP contribution is 2.43. The number of esters is 1. The van der Waals surface area contributed by atoms with Crippen LogP contribution in [0.2, 0.25) is 0 Å². The number of aromatic nitrogens is 2. The van der Waals surface area contributed by atoms with E-state index >= 15 is 0 Å². The zero-order valence-corrected chi connectivity index (χ0v) is 17.5. The molecule has 0 saturated carbocycles. The van der Waals surface area contributed by atoms with Gasteiger partial charge in [0.1, 0.15) is 18.5 Å². The van der Waals surface area contributed by atoms with Gasteiger partial charge >= 0.3 is 17.6 Å². The Kier molecular flexibility index (Phi) is 7.71. The SMILES string of the molecule is Nc1ccnc(=O)n1[C@@H]1O[C@H](COC(=O)CCCCC(=O)Nc2ccccc2)[C@@H](O)C1(F)F. The third kappa shape index (κ3) is 5.90. The highest BCUT2D eigenvalue weighted by molar-refractivity contribution is 5.90. The largest absolute Gasteiger partial charge is 0.463 e. The summed E-state index contributed by atoms with van der Waals surface area (Å²) in [5.74, 6) is -5.08. The van der Waals surface area contributed by atoms with Gasteiger partial charge in [0.15, 0.2) is 6.10 Å². The Hall–Kier alpha value is -3.38. The number of benzene rings is 1. The molecule has 1 aromatic heterocycles. The summed E-state index contributed by atoms with van der Waals surface area (Å²) in [5, 5.41) is 12.7. The molecule has 0 bridgehead atoms. The normalized spacial score (nSPS) is 21.5. The van der Waals surface area contributed by atoms with Crippen LogP contribution < -0.4 is 16.7 Å². The van der Waals surface area contributed by atoms with Crippen LogP contribution >= 0.6 is 0 Å². The molecule has 2 heterocycles. The first-order valence-corrected chi connectivity index (χ1v) is 10.2. The van der Waals surface area contributed by atoms with Crippen molar-refractivity contribution in [3.05, 3.63) is 53.1 Å². The summed E-state index contributed by atoms with van der Waals surface area (Å²) in [6, 6.07) is 10.0. The highest BCUT2D eigenvalue weighted by atomic mass is 19.3. The first-order chi connectivity index (χ1) is 15.7. The molecule has 33 heavy (non-hydrogen) atoms. The summed E-state index contributed by atoms with van der Waals surface area (Å²) in [7, 11) is 0. The molecule has 4 N–H and O–H groups in total. The van der Waals surface area contributed by atoms with Gasteiger partial charge < -0.3 is 25.6 Å². The number of nitrogens with zero attached hydrogens (tertiary/aromatic N) is 2. The summed E-state index contributed by atoms with van der Waals surface area (Å²) in [6.45, 7) is -0.643. The molecule has 12 heteroatoms. The summed E-state index contributed by atoms with van der Waals surface area (Å²) in [5.41, 5.74) is 5.18. The lowest BCUT2D eigenvalue weighted by molar-refractivity contribution is -0.150. The van der Waals surface area contributed by atoms with E-state index in [9.17, 15) is 28.3 Å². The number of ether oxygens (including phenoxy) is 2. The maximum absolute atomic E-state index is 14.5. The van der Waals surface area contributed by atoms with Crippen molar-refractivity contribution in [1.82, 2.24) is 9.55 Å². The van der Waals surface area contributed by atoms with Crippen molar-refractivity contribution in [2.45, 2.75) is 50.0 Å². The minimum atomic E-state index is -3.87. The number of hydrogen-bond donors (Lipinski definition) is 3. The fourth-order valence-electron chi connectivity index (χ4n) is 3.30. The van der Waals surface area contributed by atoms with Crippen LogP contribution in [0, 0.1) is 0 Å². The molecule has 10 nitrogen and oxygen atoms in total. The standard InChI is InChI=1S/C21H24F2N4O6/c22-21(23)18(30)14(33-19(21)27-15(24)10-11-25-20(27)31)12-32-17(29)9-5-4-8-16(28)26-13-6-2-1-3-7-13/h1-3,6-7,10-11,14,18-19,30H,4-5,8-9,12,24H2,(H,26,28)/t14-,18-,19-/m1/s1. The van der Waals surface area contributed by atoms with Crippen molar-refractivity contribution in [3.63, 3.8) is 0 Å². The Labute approximate surface area is 187 Å². The predicted molar refractivity (Wildman–Crippen MR) is 112 cm³/mol. The van der Waals surface area contributed by atoms with Crippen molar-refractivity contribution in [2.24, 2.45) is 0 Å². The number of nitrogens with one attached hydrogen (secondary N) is 1. The van der Waals surface area contributed by atoms with E-state index in [1.807, 2.05) is 6.07 Å². The van der Waals surface area contributed by atoms with Crippen molar-refractivity contribution in [2.75, 3.05) is 17.7 Å². The number of amides is 1. The maximum Gasteiger partial charge on any atom is 0.351 e. The third-order valence-corrected chi connectivity index (χ3v) is 5.03. The van der Waals surface area contributed by atoms with Crippen LogP contribution in [0.15, 0.2) is 47.4 Å². The molecule has 1 aliphatic rings. The quantitative estimate of drug-likeness (QED) is 0.372. The van der Waals surface area contributed by atoms with E-state index in [0.29, 0.717) is 23.1 Å². The molecule has 0 unspecified atom stereocenters. The van der Waals surface area contributed by atoms with Gasteiger partial charge in [0.2, 0.25) is 12.1 Å². The molecule has 3 rings (SSSR count). The van der Waals surface area contributed by atoms with E-state index < -0.39 is 42.6 Å². The minimum Gasteiger partial charge on any atom is -0.463 e. The summed E-state index contributed by atoms with van der Waals surface area (Å²) in [6.07, 6.45) is -4.13. The summed E-state index contributed by atoms with van der Waals surface area (Å²) < 4.78 is 39.5. The molecule has 2 aromatic rings. The Morgan fingerprint density at radius 3 is 2.61 bits per heavy atom. The molecule has 1 saturated heterocycles. The van der Waals surface area contributed by atoms with E-state index in [2.05, 4.69) is 10.3 Å². The van der Waals surface area contributed by atoms with Crippen LogP contribution in [0.5, 0.6) is 0 Å². The number of aliphatic hydroxyl groups is 1. The Bertz CT molecular complexity index is 1030. The van der Waals surface area contributed by atoms with Crippen LogP contribution in [0.25, 0.3) is 0 Å². The van der Waals surface area contributed by atoms with E-state index in [-0.39, 0.29) is 24.6 Å². The maximum atomic E-state index is 14.5. The van der Waals surface area contributed by atoms with E-state index in [1.54, 1.807) is 24.3 Å². The van der Waals surface area contributed by atoms with Gasteiger partial charge in [0, 0.05) is 24.7 Å². The molecule has 1 aliphatic heterocycles. The van der Waals surface area contributed by atoms with Gasteiger partial charge in [-0.25, -0.2) is 14.3 Å². The zero-order valence-electron chi connectivity index (χ0n) is 17.5. The van der Waals surface area contributed by atoms with Crippen molar-refractivity contribution in [1.29, 1.82) is 0 Å². The number of halogens is 2. The number of unbranched alkanes of at least 4 members (excludes halogenated alkanes) is 1. The van der Waals surface area contributed by atoms with Crippen LogP contribution in [0.3, 0.4) is 0 Å².